The van der Waals surface area contributed by atoms with E-state index in [1.807, 2.05) is 31.2 Å². The maximum Gasteiger partial charge on any atom is 0.244 e. The molecular formula is C17H24N2O2. The van der Waals surface area contributed by atoms with E-state index < -0.39 is 5.54 Å². The SMILES string of the molecule is CCC1(C)NC(c2ccc(OC)cc2)N(C2CC2C)C1=O. The van der Waals surface area contributed by atoms with Crippen LogP contribution in [0, 0.1) is 5.92 Å². The largest absolute Gasteiger partial charge is 0.497 e. The zero-order valence-corrected chi connectivity index (χ0v) is 13.2. The Hall–Kier alpha value is -1.55. The fourth-order valence-corrected chi connectivity index (χ4v) is 3.15. The average Bonchev–Trinajstić information content (AvgIpc) is 3.15. The van der Waals surface area contributed by atoms with Crippen molar-refractivity contribution in [2.24, 2.45) is 5.92 Å². The van der Waals surface area contributed by atoms with Gasteiger partial charge >= 0.3 is 0 Å². The minimum atomic E-state index is -0.451. The van der Waals surface area contributed by atoms with Crippen LogP contribution in [0.2, 0.25) is 0 Å². The molecule has 1 aromatic rings. The smallest absolute Gasteiger partial charge is 0.244 e. The third-order valence-corrected chi connectivity index (χ3v) is 5.00. The maximum atomic E-state index is 12.8. The molecule has 1 aliphatic carbocycles. The highest BCUT2D eigenvalue weighted by atomic mass is 16.5. The number of rotatable bonds is 4. The minimum Gasteiger partial charge on any atom is -0.497 e. The van der Waals surface area contributed by atoms with Gasteiger partial charge in [0.05, 0.1) is 12.6 Å². The first kappa shape index (κ1) is 14.4. The number of ether oxygens (including phenoxy) is 1. The van der Waals surface area contributed by atoms with Gasteiger partial charge in [0.2, 0.25) is 5.91 Å². The molecule has 2 aliphatic rings. The first-order valence-corrected chi connectivity index (χ1v) is 7.74. The summed E-state index contributed by atoms with van der Waals surface area (Å²) in [5, 5.41) is 3.55. The first-order valence-electron chi connectivity index (χ1n) is 7.74. The van der Waals surface area contributed by atoms with Crippen molar-refractivity contribution in [3.8, 4) is 5.75 Å². The fraction of sp³-hybridized carbons (Fsp3) is 0.588. The molecule has 1 amide bonds. The maximum absolute atomic E-state index is 12.8. The van der Waals surface area contributed by atoms with Gasteiger partial charge in [-0.3, -0.25) is 10.1 Å². The van der Waals surface area contributed by atoms with Gasteiger partial charge in [-0.2, -0.15) is 0 Å². The van der Waals surface area contributed by atoms with E-state index in [9.17, 15) is 4.79 Å². The summed E-state index contributed by atoms with van der Waals surface area (Å²) in [7, 11) is 1.67. The molecule has 0 spiro atoms. The number of carbonyl (C=O) groups excluding carboxylic acids is 1. The lowest BCUT2D eigenvalue weighted by Gasteiger charge is -2.25. The van der Waals surface area contributed by atoms with Crippen LogP contribution in [0.5, 0.6) is 5.75 Å². The molecular weight excluding hydrogens is 264 g/mol. The van der Waals surface area contributed by atoms with E-state index >= 15 is 0 Å². The Morgan fingerprint density at radius 1 is 1.38 bits per heavy atom. The normalized spacial score (nSPS) is 35.1. The fourth-order valence-electron chi connectivity index (χ4n) is 3.15. The topological polar surface area (TPSA) is 41.6 Å². The highest BCUT2D eigenvalue weighted by Crippen LogP contribution is 2.44. The van der Waals surface area contributed by atoms with Gasteiger partial charge in [-0.05, 0) is 43.4 Å². The van der Waals surface area contributed by atoms with Gasteiger partial charge < -0.3 is 9.64 Å². The van der Waals surface area contributed by atoms with Crippen LogP contribution in [0.1, 0.15) is 45.3 Å². The summed E-state index contributed by atoms with van der Waals surface area (Å²) in [5.41, 5.74) is 0.674. The average molecular weight is 288 g/mol. The van der Waals surface area contributed by atoms with E-state index in [0.717, 1.165) is 24.2 Å². The lowest BCUT2D eigenvalue weighted by molar-refractivity contribution is -0.133. The summed E-state index contributed by atoms with van der Waals surface area (Å²) in [6.07, 6.45) is 1.89. The highest BCUT2D eigenvalue weighted by Gasteiger charge is 2.54. The van der Waals surface area contributed by atoms with Crippen LogP contribution in [0.25, 0.3) is 0 Å². The van der Waals surface area contributed by atoms with Gasteiger partial charge in [-0.25, -0.2) is 0 Å². The molecule has 0 aromatic heterocycles. The third kappa shape index (κ3) is 2.31. The summed E-state index contributed by atoms with van der Waals surface area (Å²) in [6.45, 7) is 6.29. The molecule has 0 radical (unpaired) electrons. The molecule has 1 saturated carbocycles. The molecule has 21 heavy (non-hydrogen) atoms. The molecule has 1 saturated heterocycles. The van der Waals surface area contributed by atoms with Crippen LogP contribution in [-0.2, 0) is 4.79 Å². The van der Waals surface area contributed by atoms with Gasteiger partial charge in [0.25, 0.3) is 0 Å². The van der Waals surface area contributed by atoms with Crippen molar-refractivity contribution in [3.05, 3.63) is 29.8 Å². The number of nitrogens with one attached hydrogen (secondary N) is 1. The van der Waals surface area contributed by atoms with E-state index in [2.05, 4.69) is 24.1 Å². The number of benzene rings is 1. The number of methoxy groups -OCH3 is 1. The highest BCUT2D eigenvalue weighted by molar-refractivity contribution is 5.89. The summed E-state index contributed by atoms with van der Waals surface area (Å²) >= 11 is 0. The molecule has 4 nitrogen and oxygen atoms in total. The number of carbonyl (C=O) groups is 1. The number of hydrogen-bond donors (Lipinski definition) is 1. The van der Waals surface area contributed by atoms with Gasteiger partial charge in [0.15, 0.2) is 0 Å². The van der Waals surface area contributed by atoms with Crippen molar-refractivity contribution >= 4 is 5.91 Å². The van der Waals surface area contributed by atoms with Gasteiger partial charge in [0, 0.05) is 6.04 Å². The molecule has 114 valence electrons. The molecule has 3 rings (SSSR count). The Balaban J connectivity index is 1.92. The van der Waals surface area contributed by atoms with Crippen LogP contribution in [0.15, 0.2) is 24.3 Å². The van der Waals surface area contributed by atoms with Crippen molar-refractivity contribution in [1.29, 1.82) is 0 Å². The van der Waals surface area contributed by atoms with E-state index in [-0.39, 0.29) is 12.1 Å². The van der Waals surface area contributed by atoms with Gasteiger partial charge in [0.1, 0.15) is 11.9 Å². The second kappa shape index (κ2) is 5.02. The molecule has 1 aliphatic heterocycles. The Kier molecular flexibility index (Phi) is 3.44. The number of amides is 1. The predicted octanol–water partition coefficient (Wildman–Crippen LogP) is 2.70. The lowest BCUT2D eigenvalue weighted by Crippen LogP contribution is -2.43. The third-order valence-electron chi connectivity index (χ3n) is 5.00. The molecule has 4 atom stereocenters. The van der Waals surface area contributed by atoms with E-state index in [4.69, 9.17) is 4.74 Å². The summed E-state index contributed by atoms with van der Waals surface area (Å²) in [5.74, 6) is 1.68. The Morgan fingerprint density at radius 3 is 2.48 bits per heavy atom. The van der Waals surface area contributed by atoms with Crippen LogP contribution in [0.4, 0.5) is 0 Å². The minimum absolute atomic E-state index is 0.0247. The van der Waals surface area contributed by atoms with Crippen molar-refractivity contribution in [3.63, 3.8) is 0 Å². The summed E-state index contributed by atoms with van der Waals surface area (Å²) in [4.78, 5) is 14.9. The lowest BCUT2D eigenvalue weighted by atomic mass is 9.99. The number of hydrogen-bond acceptors (Lipinski definition) is 3. The second-order valence-corrected chi connectivity index (χ2v) is 6.50. The van der Waals surface area contributed by atoms with E-state index in [1.165, 1.54) is 0 Å². The van der Waals surface area contributed by atoms with E-state index in [0.29, 0.717) is 12.0 Å². The Labute approximate surface area is 126 Å². The van der Waals surface area contributed by atoms with Crippen LogP contribution in [-0.4, -0.2) is 29.5 Å². The van der Waals surface area contributed by atoms with Crippen molar-refractivity contribution < 1.29 is 9.53 Å². The molecule has 1 aromatic carbocycles. The van der Waals surface area contributed by atoms with Crippen molar-refractivity contribution in [2.75, 3.05) is 7.11 Å². The molecule has 1 N–H and O–H groups in total. The molecule has 0 bridgehead atoms. The van der Waals surface area contributed by atoms with Crippen LogP contribution < -0.4 is 10.1 Å². The first-order chi connectivity index (χ1) is 10.00. The van der Waals surface area contributed by atoms with E-state index in [1.54, 1.807) is 7.11 Å². The zero-order valence-electron chi connectivity index (χ0n) is 13.2. The standard InChI is InChI=1S/C17H24N2O2/c1-5-17(3)16(20)19(14-10-11(14)2)15(18-17)12-6-8-13(21-4)9-7-12/h6-9,11,14-15,18H,5,10H2,1-4H3. The van der Waals surface area contributed by atoms with Crippen LogP contribution in [0.3, 0.4) is 0 Å². The van der Waals surface area contributed by atoms with Gasteiger partial charge in [-0.1, -0.05) is 26.0 Å². The van der Waals surface area contributed by atoms with Crippen molar-refractivity contribution in [1.82, 2.24) is 10.2 Å². The quantitative estimate of drug-likeness (QED) is 0.926. The number of nitrogens with zero attached hydrogens (tertiary/aromatic N) is 1. The van der Waals surface area contributed by atoms with Gasteiger partial charge in [-0.15, -0.1) is 0 Å². The second-order valence-electron chi connectivity index (χ2n) is 6.50. The summed E-state index contributed by atoms with van der Waals surface area (Å²) in [6, 6.07) is 8.39. The molecule has 4 heteroatoms. The Morgan fingerprint density at radius 2 is 2.00 bits per heavy atom. The monoisotopic (exact) mass is 288 g/mol. The molecule has 2 fully saturated rings. The molecule has 1 heterocycles. The summed E-state index contributed by atoms with van der Waals surface area (Å²) < 4.78 is 5.22. The van der Waals surface area contributed by atoms with Crippen molar-refractivity contribution in [2.45, 2.75) is 51.4 Å². The zero-order chi connectivity index (χ0) is 15.2. The Bertz CT molecular complexity index is 542. The predicted molar refractivity (Wildman–Crippen MR) is 82.0 cm³/mol. The molecule has 4 unspecified atom stereocenters. The van der Waals surface area contributed by atoms with Crippen LogP contribution >= 0.6 is 0 Å².